The van der Waals surface area contributed by atoms with Crippen LogP contribution in [0, 0.1) is 10.1 Å². The van der Waals surface area contributed by atoms with Crippen molar-refractivity contribution < 1.29 is 14.4 Å². The number of benzene rings is 1. The van der Waals surface area contributed by atoms with Crippen LogP contribution in [0.3, 0.4) is 0 Å². The molecule has 0 radical (unpaired) electrons. The van der Waals surface area contributed by atoms with Gasteiger partial charge in [-0.1, -0.05) is 15.9 Å². The third kappa shape index (κ3) is 4.24. The molecule has 1 saturated heterocycles. The molecule has 0 bridgehead atoms. The predicted molar refractivity (Wildman–Crippen MR) is 73.1 cm³/mol. The first-order chi connectivity index (χ1) is 9.16. The number of ether oxygens (including phenoxy) is 2. The van der Waals surface area contributed by atoms with E-state index in [1.165, 1.54) is 6.07 Å². The molecular weight excluding hydrogens is 316 g/mol. The van der Waals surface area contributed by atoms with E-state index in [0.717, 1.165) is 4.47 Å². The van der Waals surface area contributed by atoms with Crippen molar-refractivity contribution in [3.05, 3.63) is 38.3 Å². The fourth-order valence-electron chi connectivity index (χ4n) is 1.90. The van der Waals surface area contributed by atoms with E-state index in [1.54, 1.807) is 12.1 Å². The van der Waals surface area contributed by atoms with Crippen LogP contribution in [0.15, 0.2) is 22.7 Å². The predicted octanol–water partition coefficient (Wildman–Crippen LogP) is 1.86. The van der Waals surface area contributed by atoms with Gasteiger partial charge in [0.15, 0.2) is 0 Å². The van der Waals surface area contributed by atoms with Crippen molar-refractivity contribution >= 4 is 21.6 Å². The number of nitrogens with zero attached hydrogens (tertiary/aromatic N) is 1. The molecule has 1 aliphatic heterocycles. The highest BCUT2D eigenvalue weighted by atomic mass is 79.9. The van der Waals surface area contributed by atoms with Crippen LogP contribution < -0.4 is 5.32 Å². The molecule has 1 unspecified atom stereocenters. The molecule has 1 aromatic rings. The number of nitro benzene ring substituents is 1. The number of nitrogens with one attached hydrogen (secondary N) is 1. The van der Waals surface area contributed by atoms with Crippen LogP contribution in [0.5, 0.6) is 0 Å². The van der Waals surface area contributed by atoms with Crippen molar-refractivity contribution in [3.8, 4) is 0 Å². The fraction of sp³-hybridized carbons (Fsp3) is 0.500. The maximum atomic E-state index is 10.9. The zero-order chi connectivity index (χ0) is 13.7. The molecule has 0 saturated carbocycles. The molecule has 1 heterocycles. The van der Waals surface area contributed by atoms with E-state index in [0.29, 0.717) is 38.5 Å². The Morgan fingerprint density at radius 2 is 2.32 bits per heavy atom. The molecule has 1 aliphatic rings. The lowest BCUT2D eigenvalue weighted by molar-refractivity contribution is -0.385. The second-order valence-electron chi connectivity index (χ2n) is 4.23. The zero-order valence-corrected chi connectivity index (χ0v) is 11.9. The zero-order valence-electron chi connectivity index (χ0n) is 10.3. The summed E-state index contributed by atoms with van der Waals surface area (Å²) < 4.78 is 11.6. The van der Waals surface area contributed by atoms with Gasteiger partial charge in [0.2, 0.25) is 0 Å². The van der Waals surface area contributed by atoms with Gasteiger partial charge in [0.25, 0.3) is 5.69 Å². The van der Waals surface area contributed by atoms with Crippen LogP contribution >= 0.6 is 15.9 Å². The maximum absolute atomic E-state index is 10.9. The Morgan fingerprint density at radius 3 is 3.00 bits per heavy atom. The molecule has 0 aromatic heterocycles. The molecule has 19 heavy (non-hydrogen) atoms. The molecule has 104 valence electrons. The summed E-state index contributed by atoms with van der Waals surface area (Å²) in [5.74, 6) is 0. The highest BCUT2D eigenvalue weighted by Gasteiger charge is 2.16. The number of halogens is 1. The van der Waals surface area contributed by atoms with Crippen LogP contribution in [-0.4, -0.2) is 37.4 Å². The SMILES string of the molecule is O=[N+]([O-])c1ccc(Br)cc1CNCC1COCCO1. The van der Waals surface area contributed by atoms with Crippen molar-refractivity contribution in [1.82, 2.24) is 5.32 Å². The highest BCUT2D eigenvalue weighted by Crippen LogP contribution is 2.22. The topological polar surface area (TPSA) is 73.6 Å². The van der Waals surface area contributed by atoms with Crippen molar-refractivity contribution in [2.75, 3.05) is 26.4 Å². The smallest absolute Gasteiger partial charge is 0.273 e. The van der Waals surface area contributed by atoms with Crippen molar-refractivity contribution in [3.63, 3.8) is 0 Å². The van der Waals surface area contributed by atoms with E-state index in [2.05, 4.69) is 21.2 Å². The molecule has 1 fully saturated rings. The minimum atomic E-state index is -0.371. The summed E-state index contributed by atoms with van der Waals surface area (Å²) >= 11 is 3.32. The lowest BCUT2D eigenvalue weighted by atomic mass is 10.2. The van der Waals surface area contributed by atoms with E-state index in [4.69, 9.17) is 9.47 Å². The number of hydrogen-bond acceptors (Lipinski definition) is 5. The Hall–Kier alpha value is -1.02. The summed E-state index contributed by atoms with van der Waals surface area (Å²) in [7, 11) is 0. The Balaban J connectivity index is 1.91. The molecule has 0 aliphatic carbocycles. The van der Waals surface area contributed by atoms with Gasteiger partial charge in [-0.2, -0.15) is 0 Å². The normalized spacial score (nSPS) is 19.3. The van der Waals surface area contributed by atoms with Crippen LogP contribution in [0.25, 0.3) is 0 Å². The monoisotopic (exact) mass is 330 g/mol. The van der Waals surface area contributed by atoms with Crippen LogP contribution in [0.2, 0.25) is 0 Å². The number of rotatable bonds is 5. The average Bonchev–Trinajstić information content (AvgIpc) is 2.39. The first-order valence-corrected chi connectivity index (χ1v) is 6.79. The second kappa shape index (κ2) is 6.95. The first-order valence-electron chi connectivity index (χ1n) is 5.99. The van der Waals surface area contributed by atoms with E-state index < -0.39 is 0 Å². The van der Waals surface area contributed by atoms with E-state index >= 15 is 0 Å². The van der Waals surface area contributed by atoms with Crippen molar-refractivity contribution in [1.29, 1.82) is 0 Å². The molecule has 1 atom stereocenters. The van der Waals surface area contributed by atoms with Gasteiger partial charge in [-0.3, -0.25) is 10.1 Å². The van der Waals surface area contributed by atoms with Gasteiger partial charge in [0.05, 0.1) is 30.8 Å². The molecule has 7 heteroatoms. The quantitative estimate of drug-likeness (QED) is 0.659. The van der Waals surface area contributed by atoms with Gasteiger partial charge < -0.3 is 14.8 Å². The van der Waals surface area contributed by atoms with Crippen LogP contribution in [-0.2, 0) is 16.0 Å². The Bertz CT molecular complexity index is 449. The molecule has 1 aromatic carbocycles. The number of hydrogen-bond donors (Lipinski definition) is 1. The molecular formula is C12H15BrN2O4. The summed E-state index contributed by atoms with van der Waals surface area (Å²) in [6.07, 6.45) is 0.0139. The Morgan fingerprint density at radius 1 is 1.47 bits per heavy atom. The summed E-state index contributed by atoms with van der Waals surface area (Å²) in [4.78, 5) is 10.5. The molecule has 0 spiro atoms. The molecule has 1 N–H and O–H groups in total. The standard InChI is InChI=1S/C12H15BrN2O4/c13-10-1-2-12(15(16)17)9(5-10)6-14-7-11-8-18-3-4-19-11/h1-2,5,11,14H,3-4,6-8H2. The van der Waals surface area contributed by atoms with Gasteiger partial charge in [0.1, 0.15) is 0 Å². The van der Waals surface area contributed by atoms with Crippen molar-refractivity contribution in [2.45, 2.75) is 12.6 Å². The summed E-state index contributed by atoms with van der Waals surface area (Å²) in [6, 6.07) is 4.92. The summed E-state index contributed by atoms with van der Waals surface area (Å²) in [6.45, 7) is 2.84. The third-order valence-corrected chi connectivity index (χ3v) is 3.30. The van der Waals surface area contributed by atoms with Gasteiger partial charge in [-0.25, -0.2) is 0 Å². The molecule has 6 nitrogen and oxygen atoms in total. The van der Waals surface area contributed by atoms with Gasteiger partial charge in [-0.15, -0.1) is 0 Å². The maximum Gasteiger partial charge on any atom is 0.273 e. The Labute approximate surface area is 119 Å². The third-order valence-electron chi connectivity index (χ3n) is 2.81. The average molecular weight is 331 g/mol. The van der Waals surface area contributed by atoms with Crippen LogP contribution in [0.4, 0.5) is 5.69 Å². The van der Waals surface area contributed by atoms with E-state index in [1.807, 2.05) is 0 Å². The number of nitro groups is 1. The Kier molecular flexibility index (Phi) is 5.26. The first kappa shape index (κ1) is 14.4. The minimum absolute atomic E-state index is 0.0139. The lowest BCUT2D eigenvalue weighted by Gasteiger charge is -2.23. The second-order valence-corrected chi connectivity index (χ2v) is 5.14. The largest absolute Gasteiger partial charge is 0.376 e. The van der Waals surface area contributed by atoms with Gasteiger partial charge in [0, 0.05) is 29.2 Å². The van der Waals surface area contributed by atoms with Crippen LogP contribution in [0.1, 0.15) is 5.56 Å². The minimum Gasteiger partial charge on any atom is -0.376 e. The molecule has 2 rings (SSSR count). The van der Waals surface area contributed by atoms with E-state index in [9.17, 15) is 10.1 Å². The van der Waals surface area contributed by atoms with E-state index in [-0.39, 0.29) is 16.7 Å². The fourth-order valence-corrected chi connectivity index (χ4v) is 2.30. The van der Waals surface area contributed by atoms with Gasteiger partial charge >= 0.3 is 0 Å². The summed E-state index contributed by atoms with van der Waals surface area (Å²) in [5, 5.41) is 14.1. The van der Waals surface area contributed by atoms with Crippen molar-refractivity contribution in [2.24, 2.45) is 0 Å². The highest BCUT2D eigenvalue weighted by molar-refractivity contribution is 9.10. The van der Waals surface area contributed by atoms with Gasteiger partial charge in [-0.05, 0) is 12.1 Å². The summed E-state index contributed by atoms with van der Waals surface area (Å²) in [5.41, 5.74) is 0.771. The molecule has 0 amide bonds. The lowest BCUT2D eigenvalue weighted by Crippen LogP contribution is -2.37.